The highest BCUT2D eigenvalue weighted by Crippen LogP contribution is 2.42. The molecule has 8 heteroatoms. The Kier molecular flexibility index (Phi) is 6.25. The summed E-state index contributed by atoms with van der Waals surface area (Å²) >= 11 is 3.40. The summed E-state index contributed by atoms with van der Waals surface area (Å²) < 4.78 is 49.2. The number of rotatable bonds is 4. The van der Waals surface area contributed by atoms with E-state index in [9.17, 15) is 13.2 Å². The molecular weight excluding hydrogens is 401 g/mol. The van der Waals surface area contributed by atoms with Gasteiger partial charge in [0.25, 0.3) is 0 Å². The van der Waals surface area contributed by atoms with Crippen LogP contribution in [0.25, 0.3) is 0 Å². The number of ether oxygens (including phenoxy) is 2. The quantitative estimate of drug-likeness (QED) is 0.801. The van der Waals surface area contributed by atoms with Crippen LogP contribution in [0.4, 0.5) is 13.2 Å². The van der Waals surface area contributed by atoms with Crippen molar-refractivity contribution in [1.82, 2.24) is 10.2 Å². The molecule has 4 nitrogen and oxygen atoms in total. The number of piperazine rings is 1. The molecule has 0 spiro atoms. The second-order valence-electron chi connectivity index (χ2n) is 6.41. The van der Waals surface area contributed by atoms with Crippen LogP contribution in [-0.4, -0.2) is 50.7 Å². The van der Waals surface area contributed by atoms with Crippen LogP contribution < -0.4 is 10.1 Å². The Morgan fingerprint density at radius 3 is 2.52 bits per heavy atom. The lowest BCUT2D eigenvalue weighted by atomic mass is 9.85. The summed E-state index contributed by atoms with van der Waals surface area (Å²) in [6.07, 6.45) is -3.02. The van der Waals surface area contributed by atoms with Gasteiger partial charge in [-0.2, -0.15) is 0 Å². The summed E-state index contributed by atoms with van der Waals surface area (Å²) in [5.74, 6) is 0.141. The van der Waals surface area contributed by atoms with E-state index in [-0.39, 0.29) is 17.7 Å². The molecule has 2 aliphatic heterocycles. The zero-order chi connectivity index (χ0) is 17.9. The number of nitrogens with zero attached hydrogens (tertiary/aromatic N) is 1. The monoisotopic (exact) mass is 422 g/mol. The zero-order valence-electron chi connectivity index (χ0n) is 13.8. The lowest BCUT2D eigenvalue weighted by Crippen LogP contribution is -2.47. The largest absolute Gasteiger partial charge is 0.573 e. The molecule has 25 heavy (non-hydrogen) atoms. The fraction of sp³-hybridized carbons (Fsp3) is 0.647. The fourth-order valence-electron chi connectivity index (χ4n) is 3.71. The van der Waals surface area contributed by atoms with E-state index in [2.05, 4.69) is 30.9 Å². The van der Waals surface area contributed by atoms with E-state index in [1.165, 1.54) is 6.07 Å². The van der Waals surface area contributed by atoms with Gasteiger partial charge < -0.3 is 14.8 Å². The van der Waals surface area contributed by atoms with Gasteiger partial charge in [-0.15, -0.1) is 13.2 Å². The second kappa shape index (κ2) is 8.24. The molecule has 1 aromatic carbocycles. The van der Waals surface area contributed by atoms with Crippen LogP contribution in [0.5, 0.6) is 5.75 Å². The highest BCUT2D eigenvalue weighted by molar-refractivity contribution is 9.10. The van der Waals surface area contributed by atoms with E-state index in [1.54, 1.807) is 12.1 Å². The zero-order valence-corrected chi connectivity index (χ0v) is 15.4. The first kappa shape index (κ1) is 18.9. The van der Waals surface area contributed by atoms with Crippen molar-refractivity contribution in [2.45, 2.75) is 25.2 Å². The summed E-state index contributed by atoms with van der Waals surface area (Å²) in [7, 11) is 0. The predicted octanol–water partition coefficient (Wildman–Crippen LogP) is 3.72. The van der Waals surface area contributed by atoms with E-state index in [1.807, 2.05) is 0 Å². The van der Waals surface area contributed by atoms with Gasteiger partial charge in [-0.25, -0.2) is 0 Å². The summed E-state index contributed by atoms with van der Waals surface area (Å²) in [5.41, 5.74) is 0.598. The number of nitrogens with one attached hydrogen (secondary N) is 1. The molecule has 1 atom stereocenters. The average molecular weight is 423 g/mol. The molecule has 0 radical (unpaired) electrons. The Morgan fingerprint density at radius 1 is 1.20 bits per heavy atom. The lowest BCUT2D eigenvalue weighted by molar-refractivity contribution is -0.275. The van der Waals surface area contributed by atoms with Crippen LogP contribution >= 0.6 is 15.9 Å². The minimum absolute atomic E-state index is 0.106. The van der Waals surface area contributed by atoms with Gasteiger partial charge in [-0.05, 0) is 37.0 Å². The normalized spacial score (nSPS) is 21.9. The van der Waals surface area contributed by atoms with E-state index in [0.29, 0.717) is 18.8 Å². The SMILES string of the molecule is FC(F)(F)Oc1ccc(Br)cc1[C@H](C1CCOCC1)N1CCNCC1. The molecule has 2 fully saturated rings. The number of hydrogen-bond donors (Lipinski definition) is 1. The van der Waals surface area contributed by atoms with Crippen molar-refractivity contribution in [2.75, 3.05) is 39.4 Å². The summed E-state index contributed by atoms with van der Waals surface area (Å²) in [6.45, 7) is 4.58. The molecule has 2 heterocycles. The molecule has 140 valence electrons. The van der Waals surface area contributed by atoms with Gasteiger partial charge in [0.2, 0.25) is 0 Å². The minimum atomic E-state index is -4.70. The maximum absolute atomic E-state index is 12.9. The van der Waals surface area contributed by atoms with Gasteiger partial charge in [0, 0.05) is 55.5 Å². The summed E-state index contributed by atoms with van der Waals surface area (Å²) in [5, 5.41) is 3.30. The van der Waals surface area contributed by atoms with Crippen LogP contribution in [0, 0.1) is 5.92 Å². The Hall–Kier alpha value is -0.830. The first-order valence-corrected chi connectivity index (χ1v) is 9.31. The molecule has 0 bridgehead atoms. The fourth-order valence-corrected chi connectivity index (χ4v) is 4.09. The molecule has 0 unspecified atom stereocenters. The maximum atomic E-state index is 12.9. The van der Waals surface area contributed by atoms with Crippen LogP contribution in [0.3, 0.4) is 0 Å². The van der Waals surface area contributed by atoms with Crippen molar-refractivity contribution >= 4 is 15.9 Å². The van der Waals surface area contributed by atoms with Gasteiger partial charge >= 0.3 is 6.36 Å². The molecule has 0 aliphatic carbocycles. The van der Waals surface area contributed by atoms with Gasteiger partial charge in [-0.1, -0.05) is 15.9 Å². The Labute approximate surface area is 153 Å². The highest BCUT2D eigenvalue weighted by atomic mass is 79.9. The first-order valence-electron chi connectivity index (χ1n) is 8.52. The van der Waals surface area contributed by atoms with Crippen molar-refractivity contribution < 1.29 is 22.6 Å². The third-order valence-corrected chi connectivity index (χ3v) is 5.27. The Morgan fingerprint density at radius 2 is 1.88 bits per heavy atom. The predicted molar refractivity (Wildman–Crippen MR) is 91.6 cm³/mol. The third kappa shape index (κ3) is 5.09. The van der Waals surface area contributed by atoms with Gasteiger partial charge in [0.05, 0.1) is 0 Å². The number of benzene rings is 1. The molecule has 2 aliphatic rings. The second-order valence-corrected chi connectivity index (χ2v) is 7.33. The molecule has 0 aromatic heterocycles. The number of alkyl halides is 3. The van der Waals surface area contributed by atoms with Gasteiger partial charge in [-0.3, -0.25) is 4.90 Å². The molecule has 0 amide bonds. The topological polar surface area (TPSA) is 33.7 Å². The Bertz CT molecular complexity index is 556. The number of hydrogen-bond acceptors (Lipinski definition) is 4. The highest BCUT2D eigenvalue weighted by Gasteiger charge is 2.37. The summed E-state index contributed by atoms with van der Waals surface area (Å²) in [4.78, 5) is 2.28. The number of halogens is 4. The lowest BCUT2D eigenvalue weighted by Gasteiger charge is -2.41. The summed E-state index contributed by atoms with van der Waals surface area (Å²) in [6, 6.07) is 4.65. The van der Waals surface area contributed by atoms with Gasteiger partial charge in [0.15, 0.2) is 0 Å². The van der Waals surface area contributed by atoms with E-state index >= 15 is 0 Å². The van der Waals surface area contributed by atoms with Crippen molar-refractivity contribution in [3.8, 4) is 5.75 Å². The molecule has 1 N–H and O–H groups in total. The van der Waals surface area contributed by atoms with E-state index in [4.69, 9.17) is 4.74 Å². The van der Waals surface area contributed by atoms with E-state index < -0.39 is 6.36 Å². The van der Waals surface area contributed by atoms with Gasteiger partial charge in [0.1, 0.15) is 5.75 Å². The molecule has 2 saturated heterocycles. The van der Waals surface area contributed by atoms with Crippen LogP contribution in [-0.2, 0) is 4.74 Å². The van der Waals surface area contributed by atoms with E-state index in [0.717, 1.165) is 43.5 Å². The van der Waals surface area contributed by atoms with Crippen molar-refractivity contribution in [3.63, 3.8) is 0 Å². The molecule has 3 rings (SSSR count). The standard InChI is InChI=1S/C17H22BrF3N2O2/c18-13-1-2-15(25-17(19,20)21)14(11-13)16(12-3-9-24-10-4-12)23-7-5-22-6-8-23/h1-2,11-12,16,22H,3-10H2/t16-/m0/s1. The van der Waals surface area contributed by atoms with Crippen LogP contribution in [0.1, 0.15) is 24.4 Å². The Balaban J connectivity index is 1.97. The molecule has 0 saturated carbocycles. The molecular formula is C17H22BrF3N2O2. The van der Waals surface area contributed by atoms with Crippen molar-refractivity contribution in [3.05, 3.63) is 28.2 Å². The smallest absolute Gasteiger partial charge is 0.405 e. The van der Waals surface area contributed by atoms with Crippen molar-refractivity contribution in [1.29, 1.82) is 0 Å². The first-order chi connectivity index (χ1) is 11.9. The maximum Gasteiger partial charge on any atom is 0.573 e. The molecule has 1 aromatic rings. The average Bonchev–Trinajstić information content (AvgIpc) is 2.58. The third-order valence-electron chi connectivity index (χ3n) is 4.77. The minimum Gasteiger partial charge on any atom is -0.405 e. The van der Waals surface area contributed by atoms with Crippen LogP contribution in [0.2, 0.25) is 0 Å². The van der Waals surface area contributed by atoms with Crippen LogP contribution in [0.15, 0.2) is 22.7 Å². The van der Waals surface area contributed by atoms with Crippen molar-refractivity contribution in [2.24, 2.45) is 5.92 Å².